The summed E-state index contributed by atoms with van der Waals surface area (Å²) in [6, 6.07) is 0. The Bertz CT molecular complexity index is 527. The third kappa shape index (κ3) is 2.93. The second-order valence-electron chi connectivity index (χ2n) is 4.36. The van der Waals surface area contributed by atoms with Crippen molar-refractivity contribution in [3.05, 3.63) is 24.0 Å². The summed E-state index contributed by atoms with van der Waals surface area (Å²) >= 11 is 5.84. The summed E-state index contributed by atoms with van der Waals surface area (Å²) in [4.78, 5) is 16.1. The number of nitrogens with one attached hydrogen (secondary N) is 1. The van der Waals surface area contributed by atoms with Crippen LogP contribution >= 0.6 is 11.6 Å². The SMILES string of the molecule is CC(C)(CO)Nc1nc(Cl)nc(-n2ccnc2)n1. The van der Waals surface area contributed by atoms with Gasteiger partial charge in [-0.05, 0) is 25.4 Å². The minimum atomic E-state index is -0.545. The Hall–Kier alpha value is -1.73. The summed E-state index contributed by atoms with van der Waals surface area (Å²) in [6.07, 6.45) is 4.88. The molecular formula is C10H13ClN6O. The van der Waals surface area contributed by atoms with Gasteiger partial charge in [-0.3, -0.25) is 4.57 Å². The normalized spacial score (nSPS) is 11.6. The third-order valence-corrected chi connectivity index (χ3v) is 2.35. The van der Waals surface area contributed by atoms with Gasteiger partial charge in [-0.2, -0.15) is 15.0 Å². The number of aliphatic hydroxyl groups excluding tert-OH is 1. The predicted octanol–water partition coefficient (Wildman–Crippen LogP) is 0.893. The van der Waals surface area contributed by atoms with Crippen LogP contribution in [0, 0.1) is 0 Å². The van der Waals surface area contributed by atoms with Crippen LogP contribution in [0.5, 0.6) is 0 Å². The number of rotatable bonds is 4. The molecule has 0 radical (unpaired) electrons. The molecule has 2 heterocycles. The maximum Gasteiger partial charge on any atom is 0.241 e. The van der Waals surface area contributed by atoms with Crippen molar-refractivity contribution in [1.29, 1.82) is 0 Å². The van der Waals surface area contributed by atoms with Crippen LogP contribution in [0.1, 0.15) is 13.8 Å². The first-order valence-electron chi connectivity index (χ1n) is 5.29. The minimum Gasteiger partial charge on any atom is -0.394 e. The Morgan fingerprint density at radius 1 is 1.39 bits per heavy atom. The molecule has 0 aliphatic rings. The van der Waals surface area contributed by atoms with Gasteiger partial charge in [0.15, 0.2) is 0 Å². The average Bonchev–Trinajstić information content (AvgIpc) is 2.81. The van der Waals surface area contributed by atoms with Gasteiger partial charge in [-0.15, -0.1) is 0 Å². The highest BCUT2D eigenvalue weighted by Crippen LogP contribution is 2.13. The van der Waals surface area contributed by atoms with Gasteiger partial charge in [0, 0.05) is 12.4 Å². The lowest BCUT2D eigenvalue weighted by atomic mass is 10.1. The number of aromatic nitrogens is 5. The zero-order valence-corrected chi connectivity index (χ0v) is 10.8. The molecule has 0 aliphatic carbocycles. The monoisotopic (exact) mass is 268 g/mol. The molecule has 0 fully saturated rings. The van der Waals surface area contributed by atoms with Crippen LogP contribution in [0.4, 0.5) is 5.95 Å². The topological polar surface area (TPSA) is 88.8 Å². The first-order chi connectivity index (χ1) is 8.50. The molecule has 2 rings (SSSR count). The molecule has 8 heteroatoms. The lowest BCUT2D eigenvalue weighted by Gasteiger charge is -2.23. The molecule has 0 unspecified atom stereocenters. The molecule has 2 N–H and O–H groups in total. The molecule has 0 bridgehead atoms. The first-order valence-corrected chi connectivity index (χ1v) is 5.67. The summed E-state index contributed by atoms with van der Waals surface area (Å²) in [5.74, 6) is 0.668. The molecule has 0 aliphatic heterocycles. The summed E-state index contributed by atoms with van der Waals surface area (Å²) in [5, 5.41) is 12.3. The van der Waals surface area contributed by atoms with Crippen molar-refractivity contribution in [3.8, 4) is 5.95 Å². The van der Waals surface area contributed by atoms with Gasteiger partial charge in [-0.1, -0.05) is 0 Å². The van der Waals surface area contributed by atoms with Crippen LogP contribution in [0.2, 0.25) is 5.28 Å². The van der Waals surface area contributed by atoms with Gasteiger partial charge < -0.3 is 10.4 Å². The average molecular weight is 269 g/mol. The second-order valence-corrected chi connectivity index (χ2v) is 4.70. The van der Waals surface area contributed by atoms with Crippen LogP contribution < -0.4 is 5.32 Å². The molecular weight excluding hydrogens is 256 g/mol. The maximum atomic E-state index is 9.20. The van der Waals surface area contributed by atoms with Gasteiger partial charge in [0.1, 0.15) is 6.33 Å². The predicted molar refractivity (Wildman–Crippen MR) is 66.7 cm³/mol. The first kappa shape index (κ1) is 12.7. The highest BCUT2D eigenvalue weighted by atomic mass is 35.5. The number of nitrogens with zero attached hydrogens (tertiary/aromatic N) is 5. The van der Waals surface area contributed by atoms with E-state index in [1.54, 1.807) is 23.3 Å². The molecule has 7 nitrogen and oxygen atoms in total. The molecule has 0 spiro atoms. The molecule has 96 valence electrons. The molecule has 0 saturated heterocycles. The van der Waals surface area contributed by atoms with E-state index in [4.69, 9.17) is 11.6 Å². The van der Waals surface area contributed by atoms with Crippen LogP contribution in [-0.2, 0) is 0 Å². The molecule has 2 aromatic heterocycles. The number of halogens is 1. The third-order valence-electron chi connectivity index (χ3n) is 2.18. The van der Waals surface area contributed by atoms with Crippen molar-refractivity contribution in [2.75, 3.05) is 11.9 Å². The van der Waals surface area contributed by atoms with E-state index in [1.807, 2.05) is 13.8 Å². The molecule has 18 heavy (non-hydrogen) atoms. The Morgan fingerprint density at radius 3 is 2.78 bits per heavy atom. The van der Waals surface area contributed by atoms with E-state index < -0.39 is 5.54 Å². The van der Waals surface area contributed by atoms with Crippen molar-refractivity contribution in [2.24, 2.45) is 0 Å². The smallest absolute Gasteiger partial charge is 0.241 e. The van der Waals surface area contributed by atoms with Gasteiger partial charge >= 0.3 is 0 Å². The van der Waals surface area contributed by atoms with Crippen molar-refractivity contribution in [3.63, 3.8) is 0 Å². The Kier molecular flexibility index (Phi) is 3.44. The zero-order valence-electron chi connectivity index (χ0n) is 10.0. The van der Waals surface area contributed by atoms with E-state index >= 15 is 0 Å². The van der Waals surface area contributed by atoms with Crippen molar-refractivity contribution >= 4 is 17.5 Å². The van der Waals surface area contributed by atoms with Crippen LogP contribution in [0.15, 0.2) is 18.7 Å². The fraction of sp³-hybridized carbons (Fsp3) is 0.400. The molecule has 0 atom stereocenters. The van der Waals surface area contributed by atoms with E-state index in [0.717, 1.165) is 0 Å². The van der Waals surface area contributed by atoms with Gasteiger partial charge in [-0.25, -0.2) is 4.98 Å². The summed E-state index contributed by atoms with van der Waals surface area (Å²) < 4.78 is 1.62. The number of hydrogen-bond acceptors (Lipinski definition) is 6. The molecule has 0 amide bonds. The van der Waals surface area contributed by atoms with Crippen molar-refractivity contribution in [2.45, 2.75) is 19.4 Å². The summed E-state index contributed by atoms with van der Waals surface area (Å²) in [6.45, 7) is 3.58. The highest BCUT2D eigenvalue weighted by Gasteiger charge is 2.18. The molecule has 0 aromatic carbocycles. The van der Waals surface area contributed by atoms with E-state index in [0.29, 0.717) is 11.9 Å². The molecule has 0 saturated carbocycles. The fourth-order valence-corrected chi connectivity index (χ4v) is 1.39. The van der Waals surface area contributed by atoms with Gasteiger partial charge in [0.2, 0.25) is 17.2 Å². The number of anilines is 1. The lowest BCUT2D eigenvalue weighted by molar-refractivity contribution is 0.233. The van der Waals surface area contributed by atoms with E-state index in [9.17, 15) is 5.11 Å². The van der Waals surface area contributed by atoms with Crippen LogP contribution in [-0.4, -0.2) is 41.8 Å². The van der Waals surface area contributed by atoms with Crippen molar-refractivity contribution < 1.29 is 5.11 Å². The minimum absolute atomic E-state index is 0.0588. The molecule has 2 aromatic rings. The lowest BCUT2D eigenvalue weighted by Crippen LogP contribution is -2.35. The summed E-state index contributed by atoms with van der Waals surface area (Å²) in [7, 11) is 0. The zero-order chi connectivity index (χ0) is 13.2. The Morgan fingerprint density at radius 2 is 2.17 bits per heavy atom. The quantitative estimate of drug-likeness (QED) is 0.856. The van der Waals surface area contributed by atoms with Gasteiger partial charge in [0.25, 0.3) is 0 Å². The van der Waals surface area contributed by atoms with E-state index in [2.05, 4.69) is 25.3 Å². The van der Waals surface area contributed by atoms with E-state index in [-0.39, 0.29) is 11.9 Å². The number of hydrogen-bond donors (Lipinski definition) is 2. The van der Waals surface area contributed by atoms with Crippen molar-refractivity contribution in [1.82, 2.24) is 24.5 Å². The fourth-order valence-electron chi connectivity index (χ4n) is 1.23. The largest absolute Gasteiger partial charge is 0.394 e. The second kappa shape index (κ2) is 4.87. The van der Waals surface area contributed by atoms with E-state index in [1.165, 1.54) is 0 Å². The Balaban J connectivity index is 2.33. The van der Waals surface area contributed by atoms with Crippen LogP contribution in [0.25, 0.3) is 5.95 Å². The summed E-state index contributed by atoms with van der Waals surface area (Å²) in [5.41, 5.74) is -0.545. The number of imidazole rings is 1. The van der Waals surface area contributed by atoms with Crippen LogP contribution in [0.3, 0.4) is 0 Å². The maximum absolute atomic E-state index is 9.20. The Labute approximate surface area is 109 Å². The highest BCUT2D eigenvalue weighted by molar-refractivity contribution is 6.28. The van der Waals surface area contributed by atoms with Gasteiger partial charge in [0.05, 0.1) is 12.1 Å². The number of aliphatic hydroxyl groups is 1. The standard InChI is InChI=1S/C10H13ClN6O/c1-10(2,5-18)16-8-13-7(11)14-9(15-8)17-4-3-12-6-17/h3-4,6,18H,5H2,1-2H3,(H,13,14,15,16).